The van der Waals surface area contributed by atoms with E-state index in [1.54, 1.807) is 0 Å². The molecule has 4 fully saturated rings. The van der Waals surface area contributed by atoms with E-state index in [0.717, 1.165) is 6.42 Å². The molecule has 0 nitrogen and oxygen atoms in total. The SMILES string of the molecule is Fc1c(F)c(F)c(C#CC23CC4CC(C2)CC(C#Cc2c(F)c(F)c(F)c(F)c2F)(C4)C3)c(F)c1F. The van der Waals surface area contributed by atoms with Gasteiger partial charge < -0.3 is 0 Å². The lowest BCUT2D eigenvalue weighted by molar-refractivity contribution is -0.0523. The van der Waals surface area contributed by atoms with Crippen LogP contribution in [-0.4, -0.2) is 0 Å². The Hall–Kier alpha value is -3.14. The number of benzene rings is 2. The Kier molecular flexibility index (Phi) is 5.59. The van der Waals surface area contributed by atoms with Crippen molar-refractivity contribution in [3.05, 3.63) is 69.3 Å². The van der Waals surface area contributed by atoms with Crippen molar-refractivity contribution in [2.24, 2.45) is 22.7 Å². The van der Waals surface area contributed by atoms with E-state index < -0.39 is 80.1 Å². The van der Waals surface area contributed by atoms with E-state index in [-0.39, 0.29) is 18.3 Å². The topological polar surface area (TPSA) is 0 Å². The smallest absolute Gasteiger partial charge is 0.200 e. The molecule has 0 spiro atoms. The highest BCUT2D eigenvalue weighted by atomic mass is 19.2. The molecule has 0 heterocycles. The second-order valence-electron chi connectivity index (χ2n) is 9.91. The molecule has 4 saturated carbocycles. The molecule has 4 aliphatic carbocycles. The van der Waals surface area contributed by atoms with Gasteiger partial charge in [0, 0.05) is 10.8 Å². The third-order valence-electron chi connectivity index (χ3n) is 7.39. The number of halogens is 10. The first kappa shape index (κ1) is 24.5. The van der Waals surface area contributed by atoms with Gasteiger partial charge in [-0.15, -0.1) is 0 Å². The van der Waals surface area contributed by atoms with Gasteiger partial charge in [-0.3, -0.25) is 0 Å². The molecule has 4 aliphatic rings. The summed E-state index contributed by atoms with van der Waals surface area (Å²) in [5.41, 5.74) is -4.36. The van der Waals surface area contributed by atoms with Crippen molar-refractivity contribution in [1.29, 1.82) is 0 Å². The van der Waals surface area contributed by atoms with Crippen molar-refractivity contribution in [3.8, 4) is 23.7 Å². The lowest BCUT2D eigenvalue weighted by Crippen LogP contribution is -2.50. The molecular weight excluding hydrogens is 502 g/mol. The van der Waals surface area contributed by atoms with Crippen LogP contribution in [0.4, 0.5) is 43.9 Å². The molecule has 6 rings (SSSR count). The molecule has 0 aromatic heterocycles. The van der Waals surface area contributed by atoms with Crippen molar-refractivity contribution in [3.63, 3.8) is 0 Å². The summed E-state index contributed by atoms with van der Waals surface area (Å²) in [5.74, 6) is -11.6. The fourth-order valence-corrected chi connectivity index (χ4v) is 6.37. The highest BCUT2D eigenvalue weighted by Gasteiger charge is 2.57. The Morgan fingerprint density at radius 2 is 0.722 bits per heavy atom. The minimum Gasteiger partial charge on any atom is -0.202 e. The van der Waals surface area contributed by atoms with E-state index in [1.165, 1.54) is 0 Å². The highest BCUT2D eigenvalue weighted by molar-refractivity contribution is 5.43. The van der Waals surface area contributed by atoms with Crippen LogP contribution >= 0.6 is 0 Å². The van der Waals surface area contributed by atoms with Crippen LogP contribution in [0.3, 0.4) is 0 Å². The van der Waals surface area contributed by atoms with Gasteiger partial charge in [-0.1, -0.05) is 23.7 Å². The van der Waals surface area contributed by atoms with E-state index in [4.69, 9.17) is 0 Å². The van der Waals surface area contributed by atoms with Crippen LogP contribution in [0.25, 0.3) is 0 Å². The van der Waals surface area contributed by atoms with Crippen LogP contribution in [0.5, 0.6) is 0 Å². The molecule has 188 valence electrons. The normalized spacial score (nSPS) is 27.9. The molecule has 0 radical (unpaired) electrons. The van der Waals surface area contributed by atoms with Crippen LogP contribution in [0, 0.1) is 105 Å². The molecule has 0 saturated heterocycles. The van der Waals surface area contributed by atoms with Gasteiger partial charge in [0.2, 0.25) is 11.6 Å². The Bertz CT molecular complexity index is 1260. The van der Waals surface area contributed by atoms with Crippen molar-refractivity contribution >= 4 is 0 Å². The third kappa shape index (κ3) is 3.65. The number of hydrogen-bond acceptors (Lipinski definition) is 0. The first-order valence-electron chi connectivity index (χ1n) is 11.0. The van der Waals surface area contributed by atoms with Crippen molar-refractivity contribution in [2.75, 3.05) is 0 Å². The first-order valence-corrected chi connectivity index (χ1v) is 11.0. The predicted molar refractivity (Wildman–Crippen MR) is 106 cm³/mol. The fourth-order valence-electron chi connectivity index (χ4n) is 6.37. The molecule has 0 unspecified atom stereocenters. The summed E-state index contributed by atoms with van der Waals surface area (Å²) in [6, 6.07) is 0. The summed E-state index contributed by atoms with van der Waals surface area (Å²) in [6.45, 7) is 0. The first-order chi connectivity index (χ1) is 16.9. The van der Waals surface area contributed by atoms with Crippen molar-refractivity contribution < 1.29 is 43.9 Å². The van der Waals surface area contributed by atoms with E-state index in [2.05, 4.69) is 23.7 Å². The van der Waals surface area contributed by atoms with Crippen molar-refractivity contribution in [2.45, 2.75) is 38.5 Å². The van der Waals surface area contributed by atoms with Crippen LogP contribution in [0.1, 0.15) is 49.7 Å². The monoisotopic (exact) mass is 516 g/mol. The summed E-state index contributed by atoms with van der Waals surface area (Å²) in [4.78, 5) is 0. The van der Waals surface area contributed by atoms with Crippen molar-refractivity contribution in [1.82, 2.24) is 0 Å². The number of rotatable bonds is 0. The van der Waals surface area contributed by atoms with Crippen LogP contribution in [-0.2, 0) is 0 Å². The lowest BCUT2D eigenvalue weighted by atomic mass is 9.44. The summed E-state index contributed by atoms with van der Waals surface area (Å²) in [5, 5.41) is 0. The Labute approximate surface area is 198 Å². The zero-order valence-electron chi connectivity index (χ0n) is 18.2. The highest BCUT2D eigenvalue weighted by Crippen LogP contribution is 2.65. The van der Waals surface area contributed by atoms with Gasteiger partial charge in [0.05, 0.1) is 0 Å². The zero-order chi connectivity index (χ0) is 26.2. The van der Waals surface area contributed by atoms with Crippen LogP contribution < -0.4 is 0 Å². The summed E-state index contributed by atoms with van der Waals surface area (Å²) < 4.78 is 137. The molecule has 4 bridgehead atoms. The molecule has 0 amide bonds. The molecule has 2 aromatic carbocycles. The predicted octanol–water partition coefficient (Wildman–Crippen LogP) is 7.07. The fraction of sp³-hybridized carbons (Fsp3) is 0.385. The van der Waals surface area contributed by atoms with Gasteiger partial charge in [-0.05, 0) is 50.4 Å². The molecular formula is C26H14F10. The average molecular weight is 516 g/mol. The molecule has 36 heavy (non-hydrogen) atoms. The molecule has 0 aliphatic heterocycles. The summed E-state index contributed by atoms with van der Waals surface area (Å²) >= 11 is 0. The van der Waals surface area contributed by atoms with E-state index in [9.17, 15) is 43.9 Å². The minimum atomic E-state index is -2.30. The molecule has 2 aromatic rings. The quantitative estimate of drug-likeness (QED) is 0.152. The van der Waals surface area contributed by atoms with E-state index in [1.807, 2.05) is 0 Å². The second-order valence-corrected chi connectivity index (χ2v) is 9.91. The van der Waals surface area contributed by atoms with Gasteiger partial charge in [-0.25, -0.2) is 43.9 Å². The maximum atomic E-state index is 14.1. The standard InChI is InChI=1S/C26H14F10/c27-15-13(16(28)20(32)23(35)19(15)31)1-3-25-6-11-5-12(7-25)9-26(8-11,10-25)4-2-14-17(29)21(33)24(36)22(34)18(14)30/h11-12H,5-10H2. The van der Waals surface area contributed by atoms with Crippen LogP contribution in [0.2, 0.25) is 0 Å². The molecule has 10 heteroatoms. The largest absolute Gasteiger partial charge is 0.202 e. The molecule has 0 N–H and O–H groups in total. The van der Waals surface area contributed by atoms with Gasteiger partial charge in [0.25, 0.3) is 0 Å². The zero-order valence-corrected chi connectivity index (χ0v) is 18.2. The summed E-state index contributed by atoms with van der Waals surface area (Å²) in [7, 11) is 0. The van der Waals surface area contributed by atoms with Gasteiger partial charge in [-0.2, -0.15) is 0 Å². The third-order valence-corrected chi connectivity index (χ3v) is 7.39. The molecule has 0 atom stereocenters. The lowest BCUT2D eigenvalue weighted by Gasteiger charge is -2.58. The number of hydrogen-bond donors (Lipinski definition) is 0. The Morgan fingerprint density at radius 3 is 1.03 bits per heavy atom. The summed E-state index contributed by atoms with van der Waals surface area (Å²) in [6.07, 6.45) is 2.74. The second kappa shape index (κ2) is 8.19. The van der Waals surface area contributed by atoms with E-state index in [0.29, 0.717) is 25.7 Å². The van der Waals surface area contributed by atoms with Gasteiger partial charge >= 0.3 is 0 Å². The van der Waals surface area contributed by atoms with Crippen LogP contribution in [0.15, 0.2) is 0 Å². The maximum absolute atomic E-state index is 14.1. The average Bonchev–Trinajstić information content (AvgIpc) is 2.83. The Morgan fingerprint density at radius 1 is 0.444 bits per heavy atom. The Balaban J connectivity index is 1.55. The minimum absolute atomic E-state index is 0.00242. The van der Waals surface area contributed by atoms with E-state index >= 15 is 0 Å². The maximum Gasteiger partial charge on any atom is 0.200 e. The van der Waals surface area contributed by atoms with Gasteiger partial charge in [0.15, 0.2) is 46.5 Å². The van der Waals surface area contributed by atoms with Gasteiger partial charge in [0.1, 0.15) is 11.1 Å².